The van der Waals surface area contributed by atoms with Crippen molar-refractivity contribution in [3.8, 4) is 0 Å². The van der Waals surface area contributed by atoms with Crippen LogP contribution in [0.4, 0.5) is 0 Å². The molecule has 0 radical (unpaired) electrons. The molecule has 1 amide bonds. The van der Waals surface area contributed by atoms with E-state index < -0.39 is 5.54 Å². The largest absolute Gasteiger partial charge is 0.468 e. The first kappa shape index (κ1) is 21.0. The van der Waals surface area contributed by atoms with Gasteiger partial charge in [-0.1, -0.05) is 24.3 Å². The number of carbonyl (C=O) groups excluding carboxylic acids is 2. The highest BCUT2D eigenvalue weighted by atomic mass is 16.5. The number of nitrogens with one attached hydrogen (secondary N) is 1. The van der Waals surface area contributed by atoms with Crippen LogP contribution < -0.4 is 5.32 Å². The molecule has 1 aromatic heterocycles. The van der Waals surface area contributed by atoms with E-state index in [2.05, 4.69) is 10.4 Å². The molecule has 3 rings (SSSR count). The van der Waals surface area contributed by atoms with Crippen LogP contribution in [-0.4, -0.2) is 52.8 Å². The number of esters is 1. The molecule has 1 aliphatic rings. The van der Waals surface area contributed by atoms with Gasteiger partial charge in [-0.2, -0.15) is 5.10 Å². The Morgan fingerprint density at radius 2 is 2.07 bits per heavy atom. The van der Waals surface area contributed by atoms with Gasteiger partial charge in [0.15, 0.2) is 0 Å². The van der Waals surface area contributed by atoms with Gasteiger partial charge >= 0.3 is 5.97 Å². The highest BCUT2D eigenvalue weighted by Crippen LogP contribution is 2.47. The number of ether oxygens (including phenoxy) is 1. The molecule has 0 unspecified atom stereocenters. The first-order valence-corrected chi connectivity index (χ1v) is 10.0. The van der Waals surface area contributed by atoms with Gasteiger partial charge in [0.05, 0.1) is 13.0 Å². The van der Waals surface area contributed by atoms with Crippen LogP contribution in [0.1, 0.15) is 36.9 Å². The maximum absolute atomic E-state index is 13.1. The van der Waals surface area contributed by atoms with Crippen LogP contribution >= 0.6 is 0 Å². The fourth-order valence-electron chi connectivity index (χ4n) is 4.30. The highest BCUT2D eigenvalue weighted by molar-refractivity contribution is 5.86. The molecule has 1 aromatic carbocycles. The summed E-state index contributed by atoms with van der Waals surface area (Å²) in [5.41, 5.74) is 1.33. The average molecular weight is 399 g/mol. The molecule has 0 saturated carbocycles. The molecule has 156 valence electrons. The number of hydrogen-bond donors (Lipinski definition) is 1. The third kappa shape index (κ3) is 4.19. The van der Waals surface area contributed by atoms with Crippen molar-refractivity contribution in [3.63, 3.8) is 0 Å². The van der Waals surface area contributed by atoms with Gasteiger partial charge in [0.1, 0.15) is 5.54 Å². The number of aromatic nitrogens is 2. The fourth-order valence-corrected chi connectivity index (χ4v) is 4.30. The Labute approximate surface area is 172 Å². The van der Waals surface area contributed by atoms with Crippen LogP contribution in [0.3, 0.4) is 0 Å². The number of nitrogens with zero attached hydrogens (tertiary/aromatic N) is 3. The van der Waals surface area contributed by atoms with E-state index in [0.717, 1.165) is 24.1 Å². The third-order valence-electron chi connectivity index (χ3n) is 6.09. The lowest BCUT2D eigenvalue weighted by Gasteiger charge is -2.33. The van der Waals surface area contributed by atoms with E-state index in [0.29, 0.717) is 13.0 Å². The normalized spacial score (nSPS) is 24.4. The van der Waals surface area contributed by atoms with Crippen molar-refractivity contribution in [2.45, 2.75) is 44.8 Å². The molecular formula is C22H30N4O3. The first-order valence-electron chi connectivity index (χ1n) is 10.0. The Balaban J connectivity index is 1.76. The Hall–Kier alpha value is -2.67. The number of aryl methyl sites for hydroxylation is 2. The summed E-state index contributed by atoms with van der Waals surface area (Å²) >= 11 is 0. The number of likely N-dealkylation sites (N-methyl/N-ethyl adjacent to an activating group) is 1. The second-order valence-corrected chi connectivity index (χ2v) is 7.90. The number of rotatable bonds is 7. The quantitative estimate of drug-likeness (QED) is 0.572. The minimum atomic E-state index is -0.848. The van der Waals surface area contributed by atoms with Gasteiger partial charge in [0.2, 0.25) is 5.91 Å². The van der Waals surface area contributed by atoms with Gasteiger partial charge in [-0.05, 0) is 50.9 Å². The molecule has 29 heavy (non-hydrogen) atoms. The van der Waals surface area contributed by atoms with E-state index in [1.165, 1.54) is 7.11 Å². The van der Waals surface area contributed by atoms with Crippen molar-refractivity contribution in [2.75, 3.05) is 20.7 Å². The zero-order valence-corrected chi connectivity index (χ0v) is 17.6. The van der Waals surface area contributed by atoms with E-state index >= 15 is 0 Å². The molecule has 1 N–H and O–H groups in total. The number of benzene rings is 1. The van der Waals surface area contributed by atoms with Crippen molar-refractivity contribution >= 4 is 11.9 Å². The van der Waals surface area contributed by atoms with Crippen molar-refractivity contribution in [3.05, 3.63) is 53.9 Å². The second-order valence-electron chi connectivity index (χ2n) is 7.90. The molecule has 1 saturated heterocycles. The Morgan fingerprint density at radius 1 is 1.31 bits per heavy atom. The molecular weight excluding hydrogens is 368 g/mol. The number of methoxy groups -OCH3 is 1. The molecule has 2 aromatic rings. The lowest BCUT2D eigenvalue weighted by atomic mass is 9.88. The minimum absolute atomic E-state index is 0.0294. The summed E-state index contributed by atoms with van der Waals surface area (Å²) in [7, 11) is 3.30. The SMILES string of the molecule is COC(=O)[C@]1(C)C[C@H](C(=O)NCCCn2cccn2)[C@H](c2ccccc2C)N1C. The molecule has 0 aliphatic carbocycles. The molecule has 3 atom stereocenters. The molecule has 0 spiro atoms. The maximum atomic E-state index is 13.1. The van der Waals surface area contributed by atoms with Crippen molar-refractivity contribution in [2.24, 2.45) is 5.92 Å². The summed E-state index contributed by atoms with van der Waals surface area (Å²) in [5, 5.41) is 7.24. The third-order valence-corrected chi connectivity index (χ3v) is 6.09. The summed E-state index contributed by atoms with van der Waals surface area (Å²) in [5.74, 6) is -0.680. The smallest absolute Gasteiger partial charge is 0.326 e. The summed E-state index contributed by atoms with van der Waals surface area (Å²) in [4.78, 5) is 27.7. The van der Waals surface area contributed by atoms with Crippen LogP contribution in [0.5, 0.6) is 0 Å². The average Bonchev–Trinajstić information content (AvgIpc) is 3.32. The van der Waals surface area contributed by atoms with Crippen LogP contribution in [0.2, 0.25) is 0 Å². The summed E-state index contributed by atoms with van der Waals surface area (Å²) < 4.78 is 6.92. The van der Waals surface area contributed by atoms with Crippen LogP contribution in [0, 0.1) is 12.8 Å². The monoisotopic (exact) mass is 398 g/mol. The molecule has 7 nitrogen and oxygen atoms in total. The van der Waals surface area contributed by atoms with Gasteiger partial charge in [-0.3, -0.25) is 19.2 Å². The number of carbonyl (C=O) groups is 2. The van der Waals surface area contributed by atoms with E-state index in [1.54, 1.807) is 6.20 Å². The van der Waals surface area contributed by atoms with Crippen LogP contribution in [-0.2, 0) is 20.9 Å². The van der Waals surface area contributed by atoms with Gasteiger partial charge in [-0.15, -0.1) is 0 Å². The maximum Gasteiger partial charge on any atom is 0.326 e. The number of hydrogen-bond acceptors (Lipinski definition) is 5. The van der Waals surface area contributed by atoms with Gasteiger partial charge in [0, 0.05) is 31.5 Å². The molecule has 1 fully saturated rings. The lowest BCUT2D eigenvalue weighted by molar-refractivity contribution is -0.152. The van der Waals surface area contributed by atoms with Gasteiger partial charge in [0.25, 0.3) is 0 Å². The Kier molecular flexibility index (Phi) is 6.37. The van der Waals surface area contributed by atoms with Crippen molar-refractivity contribution < 1.29 is 14.3 Å². The summed E-state index contributed by atoms with van der Waals surface area (Å²) in [6.07, 6.45) is 4.86. The van der Waals surface area contributed by atoms with Crippen molar-refractivity contribution in [1.29, 1.82) is 0 Å². The van der Waals surface area contributed by atoms with Gasteiger partial charge in [-0.25, -0.2) is 0 Å². The van der Waals surface area contributed by atoms with Gasteiger partial charge < -0.3 is 10.1 Å². The van der Waals surface area contributed by atoms with Crippen LogP contribution in [0.15, 0.2) is 42.7 Å². The zero-order chi connectivity index (χ0) is 21.0. The molecule has 0 bridgehead atoms. The molecule has 1 aliphatic heterocycles. The lowest BCUT2D eigenvalue weighted by Crippen LogP contribution is -2.47. The second kappa shape index (κ2) is 8.78. The molecule has 2 heterocycles. The van der Waals surface area contributed by atoms with E-state index in [4.69, 9.17) is 4.74 Å². The Morgan fingerprint density at radius 3 is 2.72 bits per heavy atom. The highest BCUT2D eigenvalue weighted by Gasteiger charge is 2.55. The van der Waals surface area contributed by atoms with Crippen molar-refractivity contribution in [1.82, 2.24) is 20.0 Å². The standard InChI is InChI=1S/C22H30N4O3/c1-16-9-5-6-10-17(16)19-18(15-22(2,25(19)3)21(28)29-4)20(27)23-11-7-13-26-14-8-12-24-26/h5-6,8-10,12,14,18-19H,7,11,13,15H2,1-4H3,(H,23,27)/t18-,19-,22-/m0/s1. The predicted molar refractivity (Wildman–Crippen MR) is 110 cm³/mol. The van der Waals surface area contributed by atoms with Crippen LogP contribution in [0.25, 0.3) is 0 Å². The summed E-state index contributed by atoms with van der Waals surface area (Å²) in [6, 6.07) is 9.73. The summed E-state index contributed by atoms with van der Waals surface area (Å²) in [6.45, 7) is 5.21. The first-order chi connectivity index (χ1) is 13.9. The zero-order valence-electron chi connectivity index (χ0n) is 17.6. The van der Waals surface area contributed by atoms with E-state index in [1.807, 2.05) is 67.0 Å². The van der Waals surface area contributed by atoms with E-state index in [-0.39, 0.29) is 23.8 Å². The molecule has 7 heteroatoms. The topological polar surface area (TPSA) is 76.5 Å². The Bertz CT molecular complexity index is 852. The van der Waals surface area contributed by atoms with E-state index in [9.17, 15) is 9.59 Å². The number of amides is 1. The fraction of sp³-hybridized carbons (Fsp3) is 0.500. The number of likely N-dealkylation sites (tertiary alicyclic amines) is 1. The predicted octanol–water partition coefficient (Wildman–Crippen LogP) is 2.32. The minimum Gasteiger partial charge on any atom is -0.468 e.